The van der Waals surface area contributed by atoms with E-state index in [9.17, 15) is 0 Å². The molecule has 1 aromatic rings. The van der Waals surface area contributed by atoms with E-state index in [0.717, 1.165) is 24.5 Å². The van der Waals surface area contributed by atoms with Crippen LogP contribution in [-0.2, 0) is 0 Å². The number of methoxy groups -OCH3 is 1. The predicted octanol–water partition coefficient (Wildman–Crippen LogP) is 2.77. The second-order valence-electron chi connectivity index (χ2n) is 4.59. The van der Waals surface area contributed by atoms with Gasteiger partial charge >= 0.3 is 0 Å². The highest BCUT2D eigenvalue weighted by molar-refractivity contribution is 5.42. The lowest BCUT2D eigenvalue weighted by atomic mass is 10.0. The number of likely N-dealkylation sites (N-methyl/N-ethyl adjacent to an activating group) is 1. The van der Waals surface area contributed by atoms with Gasteiger partial charge in [0.1, 0.15) is 5.60 Å². The van der Waals surface area contributed by atoms with E-state index >= 15 is 0 Å². The Balaban J connectivity index is 2.93. The third-order valence-electron chi connectivity index (χ3n) is 2.97. The first-order chi connectivity index (χ1) is 8.04. The first-order valence-corrected chi connectivity index (χ1v) is 6.03. The van der Waals surface area contributed by atoms with Gasteiger partial charge in [-0.1, -0.05) is 13.0 Å². The number of aryl methyl sites for hydroxylation is 1. The summed E-state index contributed by atoms with van der Waals surface area (Å²) in [5.74, 6) is 1.60. The highest BCUT2D eigenvalue weighted by atomic mass is 16.5. The van der Waals surface area contributed by atoms with E-state index in [1.165, 1.54) is 5.56 Å². The molecule has 1 unspecified atom stereocenters. The fraction of sp³-hybridized carbons (Fsp3) is 0.571. The zero-order chi connectivity index (χ0) is 12.9. The van der Waals surface area contributed by atoms with Crippen LogP contribution in [0.1, 0.15) is 25.8 Å². The Labute approximate surface area is 104 Å². The van der Waals surface area contributed by atoms with E-state index < -0.39 is 0 Å². The molecule has 0 aliphatic heterocycles. The van der Waals surface area contributed by atoms with Gasteiger partial charge in [-0.2, -0.15) is 0 Å². The van der Waals surface area contributed by atoms with Crippen LogP contribution in [0.15, 0.2) is 18.2 Å². The van der Waals surface area contributed by atoms with Crippen LogP contribution in [0.25, 0.3) is 0 Å². The Morgan fingerprint density at radius 2 is 2.00 bits per heavy atom. The van der Waals surface area contributed by atoms with Crippen molar-refractivity contribution in [2.45, 2.75) is 32.8 Å². The fourth-order valence-corrected chi connectivity index (χ4v) is 1.73. The Kier molecular flexibility index (Phi) is 4.82. The van der Waals surface area contributed by atoms with Gasteiger partial charge < -0.3 is 14.8 Å². The first kappa shape index (κ1) is 13.8. The summed E-state index contributed by atoms with van der Waals surface area (Å²) in [4.78, 5) is 0. The summed E-state index contributed by atoms with van der Waals surface area (Å²) in [5.41, 5.74) is 0.957. The standard InChI is InChI=1S/C14H23NO2/c1-6-14(3,10-15-4)17-12-8-7-11(2)9-13(12)16-5/h7-9,15H,6,10H2,1-5H3. The quantitative estimate of drug-likeness (QED) is 0.825. The van der Waals surface area contributed by atoms with E-state index in [0.29, 0.717) is 0 Å². The SMILES string of the molecule is CCC(C)(CNC)Oc1ccc(C)cc1OC. The molecule has 0 saturated carbocycles. The molecule has 96 valence electrons. The van der Waals surface area contributed by atoms with Gasteiger partial charge in [0.05, 0.1) is 7.11 Å². The number of ether oxygens (including phenoxy) is 2. The molecule has 0 fully saturated rings. The Morgan fingerprint density at radius 3 is 2.53 bits per heavy atom. The summed E-state index contributed by atoms with van der Waals surface area (Å²) in [6, 6.07) is 6.00. The number of hydrogen-bond acceptors (Lipinski definition) is 3. The highest BCUT2D eigenvalue weighted by Crippen LogP contribution is 2.31. The molecule has 0 heterocycles. The zero-order valence-corrected chi connectivity index (χ0v) is 11.5. The molecule has 1 aromatic carbocycles. The molecule has 0 amide bonds. The molecular formula is C14H23NO2. The molecule has 0 spiro atoms. The largest absolute Gasteiger partial charge is 0.493 e. The molecule has 0 aliphatic rings. The summed E-state index contributed by atoms with van der Waals surface area (Å²) in [6.07, 6.45) is 0.935. The Morgan fingerprint density at radius 1 is 1.29 bits per heavy atom. The van der Waals surface area contributed by atoms with Crippen LogP contribution in [0.3, 0.4) is 0 Å². The minimum Gasteiger partial charge on any atom is -0.493 e. The molecule has 0 saturated heterocycles. The average molecular weight is 237 g/mol. The second-order valence-corrected chi connectivity index (χ2v) is 4.59. The lowest BCUT2D eigenvalue weighted by molar-refractivity contribution is 0.0821. The zero-order valence-electron chi connectivity index (χ0n) is 11.5. The van der Waals surface area contributed by atoms with E-state index in [1.807, 2.05) is 32.2 Å². The number of hydrogen-bond donors (Lipinski definition) is 1. The smallest absolute Gasteiger partial charge is 0.162 e. The van der Waals surface area contributed by atoms with Gasteiger partial charge in [0.15, 0.2) is 11.5 Å². The van der Waals surface area contributed by atoms with Gasteiger partial charge in [-0.3, -0.25) is 0 Å². The van der Waals surface area contributed by atoms with Gasteiger partial charge in [0.25, 0.3) is 0 Å². The van der Waals surface area contributed by atoms with Crippen LogP contribution < -0.4 is 14.8 Å². The maximum atomic E-state index is 6.08. The van der Waals surface area contributed by atoms with Crippen LogP contribution in [0.2, 0.25) is 0 Å². The van der Waals surface area contributed by atoms with Gasteiger partial charge in [-0.25, -0.2) is 0 Å². The molecule has 1 N–H and O–H groups in total. The predicted molar refractivity (Wildman–Crippen MR) is 71.0 cm³/mol. The van der Waals surface area contributed by atoms with E-state index in [4.69, 9.17) is 9.47 Å². The van der Waals surface area contributed by atoms with Crippen molar-refractivity contribution in [3.63, 3.8) is 0 Å². The third kappa shape index (κ3) is 3.63. The normalized spacial score (nSPS) is 14.2. The summed E-state index contributed by atoms with van der Waals surface area (Å²) >= 11 is 0. The molecule has 0 radical (unpaired) electrons. The van der Waals surface area contributed by atoms with Crippen molar-refractivity contribution in [2.75, 3.05) is 20.7 Å². The van der Waals surface area contributed by atoms with Crippen molar-refractivity contribution in [1.82, 2.24) is 5.32 Å². The van der Waals surface area contributed by atoms with Crippen molar-refractivity contribution >= 4 is 0 Å². The van der Waals surface area contributed by atoms with Gasteiger partial charge in [-0.15, -0.1) is 0 Å². The van der Waals surface area contributed by atoms with Crippen molar-refractivity contribution in [3.8, 4) is 11.5 Å². The number of nitrogens with one attached hydrogen (secondary N) is 1. The van der Waals surface area contributed by atoms with Crippen LogP contribution in [-0.4, -0.2) is 26.3 Å². The monoisotopic (exact) mass is 237 g/mol. The third-order valence-corrected chi connectivity index (χ3v) is 2.97. The van der Waals surface area contributed by atoms with Gasteiger partial charge in [0, 0.05) is 6.54 Å². The molecule has 0 aromatic heterocycles. The van der Waals surface area contributed by atoms with Crippen molar-refractivity contribution in [1.29, 1.82) is 0 Å². The molecule has 1 atom stereocenters. The van der Waals surface area contributed by atoms with Gasteiger partial charge in [0.2, 0.25) is 0 Å². The van der Waals surface area contributed by atoms with E-state index in [2.05, 4.69) is 19.2 Å². The van der Waals surface area contributed by atoms with Crippen molar-refractivity contribution in [2.24, 2.45) is 0 Å². The van der Waals surface area contributed by atoms with Gasteiger partial charge in [-0.05, 0) is 45.0 Å². The molecule has 3 nitrogen and oxygen atoms in total. The molecule has 17 heavy (non-hydrogen) atoms. The summed E-state index contributed by atoms with van der Waals surface area (Å²) < 4.78 is 11.4. The number of rotatable bonds is 6. The summed E-state index contributed by atoms with van der Waals surface area (Å²) in [6.45, 7) is 7.07. The van der Waals surface area contributed by atoms with Crippen LogP contribution in [0.4, 0.5) is 0 Å². The molecule has 3 heteroatoms. The van der Waals surface area contributed by atoms with Crippen LogP contribution in [0.5, 0.6) is 11.5 Å². The first-order valence-electron chi connectivity index (χ1n) is 6.03. The van der Waals surface area contributed by atoms with Crippen molar-refractivity contribution in [3.05, 3.63) is 23.8 Å². The molecule has 1 rings (SSSR count). The Bertz CT molecular complexity index is 365. The lowest BCUT2D eigenvalue weighted by Gasteiger charge is -2.30. The van der Waals surface area contributed by atoms with E-state index in [-0.39, 0.29) is 5.60 Å². The van der Waals surface area contributed by atoms with Crippen LogP contribution in [0, 0.1) is 6.92 Å². The Hall–Kier alpha value is -1.22. The van der Waals surface area contributed by atoms with Crippen molar-refractivity contribution < 1.29 is 9.47 Å². The lowest BCUT2D eigenvalue weighted by Crippen LogP contribution is -2.41. The fourth-order valence-electron chi connectivity index (χ4n) is 1.73. The summed E-state index contributed by atoms with van der Waals surface area (Å²) in [5, 5.41) is 3.16. The molecule has 0 aliphatic carbocycles. The average Bonchev–Trinajstić information content (AvgIpc) is 2.32. The highest BCUT2D eigenvalue weighted by Gasteiger charge is 2.24. The maximum absolute atomic E-state index is 6.08. The molecular weight excluding hydrogens is 214 g/mol. The topological polar surface area (TPSA) is 30.5 Å². The second kappa shape index (κ2) is 5.92. The summed E-state index contributed by atoms with van der Waals surface area (Å²) in [7, 11) is 3.60. The van der Waals surface area contributed by atoms with Crippen LogP contribution >= 0.6 is 0 Å². The minimum atomic E-state index is -0.211. The van der Waals surface area contributed by atoms with E-state index in [1.54, 1.807) is 7.11 Å². The number of benzene rings is 1. The molecule has 0 bridgehead atoms. The minimum absolute atomic E-state index is 0.211. The maximum Gasteiger partial charge on any atom is 0.162 e.